The molecule has 0 spiro atoms. The molecule has 122 valence electrons. The van der Waals surface area contributed by atoms with E-state index in [4.69, 9.17) is 0 Å². The number of rotatable bonds is 5. The molecule has 3 rings (SSSR count). The molecule has 0 heterocycles. The van der Waals surface area contributed by atoms with Gasteiger partial charge in [-0.3, -0.25) is 9.59 Å². The van der Waals surface area contributed by atoms with Crippen molar-refractivity contribution >= 4 is 17.6 Å². The van der Waals surface area contributed by atoms with E-state index in [0.29, 0.717) is 0 Å². The second-order valence-corrected chi connectivity index (χ2v) is 6.49. The van der Waals surface area contributed by atoms with Crippen molar-refractivity contribution in [1.82, 2.24) is 0 Å². The molecule has 2 bridgehead atoms. The molecule has 4 atom stereocenters. The molecule has 0 radical (unpaired) electrons. The number of aryl methyl sites for hydroxylation is 2. The average molecular weight is 313 g/mol. The molecule has 4 heteroatoms. The lowest BCUT2D eigenvalue weighted by molar-refractivity contribution is -0.146. The zero-order chi connectivity index (χ0) is 16.6. The van der Waals surface area contributed by atoms with E-state index < -0.39 is 17.8 Å². The van der Waals surface area contributed by atoms with Crippen molar-refractivity contribution in [2.75, 3.05) is 5.32 Å². The van der Waals surface area contributed by atoms with Gasteiger partial charge in [-0.25, -0.2) is 0 Å². The van der Waals surface area contributed by atoms with E-state index in [1.165, 1.54) is 0 Å². The van der Waals surface area contributed by atoms with Gasteiger partial charge < -0.3 is 10.4 Å². The Morgan fingerprint density at radius 1 is 1.09 bits per heavy atom. The molecule has 1 fully saturated rings. The first-order valence-corrected chi connectivity index (χ1v) is 8.39. The highest BCUT2D eigenvalue weighted by Gasteiger charge is 2.51. The molecule has 0 unspecified atom stereocenters. The van der Waals surface area contributed by atoms with E-state index in [9.17, 15) is 14.7 Å². The standard InChI is InChI=1S/C19H23NO3/c1-3-11-6-5-7-12(4-2)17(11)20-18(21)15-13-8-9-14(10-13)16(15)19(22)23/h5-9,13-16H,3-4,10H2,1-2H3,(H,20,21)(H,22,23)/t13-,14-,15+,16+/m0/s1. The van der Waals surface area contributed by atoms with Gasteiger partial charge in [-0.2, -0.15) is 0 Å². The number of aliphatic carboxylic acids is 1. The summed E-state index contributed by atoms with van der Waals surface area (Å²) in [5, 5.41) is 12.6. The zero-order valence-electron chi connectivity index (χ0n) is 13.6. The third kappa shape index (κ3) is 2.67. The molecule has 0 aromatic heterocycles. The van der Waals surface area contributed by atoms with Crippen LogP contribution in [0.25, 0.3) is 0 Å². The summed E-state index contributed by atoms with van der Waals surface area (Å²) in [6.07, 6.45) is 6.43. The topological polar surface area (TPSA) is 66.4 Å². The van der Waals surface area contributed by atoms with Crippen LogP contribution in [0.2, 0.25) is 0 Å². The van der Waals surface area contributed by atoms with Crippen LogP contribution < -0.4 is 5.32 Å². The third-order valence-corrected chi connectivity index (χ3v) is 5.29. The fraction of sp³-hybridized carbons (Fsp3) is 0.474. The lowest BCUT2D eigenvalue weighted by Crippen LogP contribution is -2.36. The molecule has 2 aliphatic rings. The van der Waals surface area contributed by atoms with Gasteiger partial charge in [0.2, 0.25) is 5.91 Å². The second-order valence-electron chi connectivity index (χ2n) is 6.49. The molecule has 1 saturated carbocycles. The number of hydrogen-bond donors (Lipinski definition) is 2. The lowest BCUT2D eigenvalue weighted by atomic mass is 9.82. The molecule has 0 aliphatic heterocycles. The minimum Gasteiger partial charge on any atom is -0.481 e. The maximum Gasteiger partial charge on any atom is 0.307 e. The van der Waals surface area contributed by atoms with E-state index in [1.54, 1.807) is 0 Å². The van der Waals surface area contributed by atoms with E-state index in [2.05, 4.69) is 19.2 Å². The van der Waals surface area contributed by atoms with Crippen molar-refractivity contribution in [1.29, 1.82) is 0 Å². The van der Waals surface area contributed by atoms with Crippen LogP contribution >= 0.6 is 0 Å². The Balaban J connectivity index is 1.88. The summed E-state index contributed by atoms with van der Waals surface area (Å²) in [4.78, 5) is 24.4. The summed E-state index contributed by atoms with van der Waals surface area (Å²) in [7, 11) is 0. The minimum absolute atomic E-state index is 0.000291. The first-order chi connectivity index (χ1) is 11.1. The second kappa shape index (κ2) is 6.19. The Kier molecular flexibility index (Phi) is 4.24. The van der Waals surface area contributed by atoms with E-state index in [1.807, 2.05) is 30.4 Å². The Bertz CT molecular complexity index is 642. The number of amides is 1. The Morgan fingerprint density at radius 3 is 2.17 bits per heavy atom. The largest absolute Gasteiger partial charge is 0.481 e. The highest BCUT2D eigenvalue weighted by molar-refractivity contribution is 5.97. The predicted molar refractivity (Wildman–Crippen MR) is 89.2 cm³/mol. The summed E-state index contributed by atoms with van der Waals surface area (Å²) >= 11 is 0. The number of carbonyl (C=O) groups excluding carboxylic acids is 1. The van der Waals surface area contributed by atoms with Gasteiger partial charge in [-0.15, -0.1) is 0 Å². The van der Waals surface area contributed by atoms with Crippen LogP contribution in [0.5, 0.6) is 0 Å². The minimum atomic E-state index is -0.860. The van der Waals surface area contributed by atoms with Gasteiger partial charge in [0.1, 0.15) is 0 Å². The van der Waals surface area contributed by atoms with Gasteiger partial charge in [0, 0.05) is 5.69 Å². The van der Waals surface area contributed by atoms with Gasteiger partial charge in [0.15, 0.2) is 0 Å². The van der Waals surface area contributed by atoms with Crippen LogP contribution in [0.15, 0.2) is 30.4 Å². The number of para-hydroxylation sites is 1. The van der Waals surface area contributed by atoms with Gasteiger partial charge in [0.05, 0.1) is 11.8 Å². The number of allylic oxidation sites excluding steroid dienone is 2. The zero-order valence-corrected chi connectivity index (χ0v) is 13.6. The smallest absolute Gasteiger partial charge is 0.307 e. The molecule has 2 N–H and O–H groups in total. The lowest BCUT2D eigenvalue weighted by Gasteiger charge is -2.25. The number of nitrogens with one attached hydrogen (secondary N) is 1. The van der Waals surface area contributed by atoms with Crippen molar-refractivity contribution in [3.05, 3.63) is 41.5 Å². The average Bonchev–Trinajstić information content (AvgIpc) is 3.15. The fourth-order valence-corrected chi connectivity index (χ4v) is 4.13. The number of hydrogen-bond acceptors (Lipinski definition) is 2. The van der Waals surface area contributed by atoms with Crippen LogP contribution in [-0.2, 0) is 22.4 Å². The van der Waals surface area contributed by atoms with Crippen LogP contribution in [0.4, 0.5) is 5.69 Å². The highest BCUT2D eigenvalue weighted by Crippen LogP contribution is 2.48. The fourth-order valence-electron chi connectivity index (χ4n) is 4.13. The van der Waals surface area contributed by atoms with Crippen LogP contribution in [0, 0.1) is 23.7 Å². The quantitative estimate of drug-likeness (QED) is 0.820. The molecule has 0 saturated heterocycles. The maximum atomic E-state index is 12.8. The summed E-state index contributed by atoms with van der Waals surface area (Å²) in [5.41, 5.74) is 3.07. The van der Waals surface area contributed by atoms with Crippen molar-refractivity contribution in [3.8, 4) is 0 Å². The number of benzene rings is 1. The van der Waals surface area contributed by atoms with Gasteiger partial charge in [0.25, 0.3) is 0 Å². The SMILES string of the molecule is CCc1cccc(CC)c1NC(=O)[C@H]1[C@H](C(=O)O)[C@H]2C=C[C@H]1C2. The van der Waals surface area contributed by atoms with Gasteiger partial charge >= 0.3 is 5.97 Å². The van der Waals surface area contributed by atoms with Crippen molar-refractivity contribution in [2.45, 2.75) is 33.1 Å². The normalized spacial score (nSPS) is 28.1. The van der Waals surface area contributed by atoms with Gasteiger partial charge in [-0.1, -0.05) is 44.2 Å². The number of carboxylic acids is 1. The number of carboxylic acid groups (broad SMARTS) is 1. The molecule has 1 aromatic rings. The van der Waals surface area contributed by atoms with Crippen molar-refractivity contribution < 1.29 is 14.7 Å². The number of carbonyl (C=O) groups is 2. The van der Waals surface area contributed by atoms with E-state index in [-0.39, 0.29) is 17.7 Å². The van der Waals surface area contributed by atoms with Crippen LogP contribution in [0.1, 0.15) is 31.4 Å². The summed E-state index contributed by atoms with van der Waals surface area (Å²) in [5.74, 6) is -2.01. The first kappa shape index (κ1) is 15.8. The van der Waals surface area contributed by atoms with Crippen molar-refractivity contribution in [3.63, 3.8) is 0 Å². The Hall–Kier alpha value is -2.10. The molecule has 2 aliphatic carbocycles. The Morgan fingerprint density at radius 2 is 1.65 bits per heavy atom. The van der Waals surface area contributed by atoms with Gasteiger partial charge in [-0.05, 0) is 42.2 Å². The predicted octanol–water partition coefficient (Wildman–Crippen LogP) is 3.27. The first-order valence-electron chi connectivity index (χ1n) is 8.39. The van der Waals surface area contributed by atoms with Crippen molar-refractivity contribution in [2.24, 2.45) is 23.7 Å². The molecule has 4 nitrogen and oxygen atoms in total. The van der Waals surface area contributed by atoms with E-state index >= 15 is 0 Å². The number of fused-ring (bicyclic) bond motifs is 2. The molecular formula is C19H23NO3. The summed E-state index contributed by atoms with van der Waals surface area (Å²) in [6, 6.07) is 6.04. The third-order valence-electron chi connectivity index (χ3n) is 5.29. The molecule has 23 heavy (non-hydrogen) atoms. The molecule has 1 aromatic carbocycles. The summed E-state index contributed by atoms with van der Waals surface area (Å²) in [6.45, 7) is 4.12. The maximum absolute atomic E-state index is 12.8. The number of anilines is 1. The van der Waals surface area contributed by atoms with Crippen LogP contribution in [-0.4, -0.2) is 17.0 Å². The van der Waals surface area contributed by atoms with E-state index in [0.717, 1.165) is 36.1 Å². The molecule has 1 amide bonds. The molecular weight excluding hydrogens is 290 g/mol. The van der Waals surface area contributed by atoms with Crippen LogP contribution in [0.3, 0.4) is 0 Å². The highest BCUT2D eigenvalue weighted by atomic mass is 16.4. The monoisotopic (exact) mass is 313 g/mol. The summed E-state index contributed by atoms with van der Waals surface area (Å²) < 4.78 is 0. The Labute approximate surface area is 136 Å².